The summed E-state index contributed by atoms with van der Waals surface area (Å²) in [7, 11) is 0. The van der Waals surface area contributed by atoms with Gasteiger partial charge in [0.05, 0.1) is 0 Å². The molecule has 0 N–H and O–H groups in total. The molecular weight excluding hydrogens is 383 g/mol. The van der Waals surface area contributed by atoms with E-state index in [0.29, 0.717) is 5.41 Å². The molecule has 0 aliphatic rings. The van der Waals surface area contributed by atoms with Crippen LogP contribution >= 0.6 is 0 Å². The molecule has 1 aromatic carbocycles. The molecule has 1 heteroatoms. The first-order chi connectivity index (χ1) is 11.2. The van der Waals surface area contributed by atoms with Gasteiger partial charge in [0.1, 0.15) is 0 Å². The number of unbranched alkanes of at least 4 members (excludes halogenated alkanes) is 6. The molecule has 0 bridgehead atoms. The summed E-state index contributed by atoms with van der Waals surface area (Å²) >= 11 is 1.58. The van der Waals surface area contributed by atoms with Crippen molar-refractivity contribution in [1.82, 2.24) is 0 Å². The second kappa shape index (κ2) is 12.4. The monoisotopic (exact) mass is 421 g/mol. The zero-order chi connectivity index (χ0) is 17.0. The van der Waals surface area contributed by atoms with E-state index in [2.05, 4.69) is 45.0 Å². The average Bonchev–Trinajstić information content (AvgIpc) is 2.57. The van der Waals surface area contributed by atoms with E-state index in [0.717, 1.165) is 0 Å². The Morgan fingerprint density at radius 1 is 0.696 bits per heavy atom. The molecular formula is C22H37Sn. The van der Waals surface area contributed by atoms with Gasteiger partial charge in [0.2, 0.25) is 0 Å². The predicted molar refractivity (Wildman–Crippen MR) is 106 cm³/mol. The van der Waals surface area contributed by atoms with Gasteiger partial charge in [-0.25, -0.2) is 0 Å². The molecule has 0 saturated heterocycles. The van der Waals surface area contributed by atoms with Crippen molar-refractivity contribution < 1.29 is 0 Å². The standard InChI is InChI=1S/C22H37.Sn/c1-4-7-10-11-15-20-22(18-8-5-2,19-9-6-3)21-16-13-12-14-17-21;/h12-14,16H,4-11,15,18-20H2,1-3H3;. The van der Waals surface area contributed by atoms with E-state index in [1.54, 1.807) is 31.7 Å². The Balaban J connectivity index is 2.91. The molecule has 23 heavy (non-hydrogen) atoms. The quantitative estimate of drug-likeness (QED) is 0.254. The van der Waals surface area contributed by atoms with Crippen LogP contribution in [0.4, 0.5) is 0 Å². The van der Waals surface area contributed by atoms with E-state index < -0.39 is 0 Å². The van der Waals surface area contributed by atoms with Crippen LogP contribution in [0.2, 0.25) is 0 Å². The van der Waals surface area contributed by atoms with Crippen LogP contribution in [0.15, 0.2) is 24.3 Å². The summed E-state index contributed by atoms with van der Waals surface area (Å²) in [4.78, 5) is 0. The zero-order valence-electron chi connectivity index (χ0n) is 15.8. The van der Waals surface area contributed by atoms with Crippen molar-refractivity contribution in [2.75, 3.05) is 0 Å². The Morgan fingerprint density at radius 2 is 1.22 bits per heavy atom. The number of rotatable bonds is 13. The summed E-state index contributed by atoms with van der Waals surface area (Å²) in [5.41, 5.74) is 2.15. The van der Waals surface area contributed by atoms with Crippen LogP contribution in [0.3, 0.4) is 0 Å². The van der Waals surface area contributed by atoms with E-state index in [-0.39, 0.29) is 0 Å². The van der Waals surface area contributed by atoms with Crippen LogP contribution in [0.5, 0.6) is 0 Å². The minimum atomic E-state index is 0.457. The second-order valence-corrected chi connectivity index (χ2v) is 8.73. The Kier molecular flexibility index (Phi) is 11.3. The summed E-state index contributed by atoms with van der Waals surface area (Å²) < 4.78 is 1.60. The number of benzene rings is 1. The summed E-state index contributed by atoms with van der Waals surface area (Å²) in [5.74, 6) is 0. The van der Waals surface area contributed by atoms with Gasteiger partial charge in [-0.15, -0.1) is 0 Å². The van der Waals surface area contributed by atoms with Crippen LogP contribution < -0.4 is 3.58 Å². The fourth-order valence-electron chi connectivity index (χ4n) is 3.82. The molecule has 1 rings (SSSR count). The second-order valence-electron chi connectivity index (χ2n) is 7.20. The van der Waals surface area contributed by atoms with Crippen molar-refractivity contribution in [3.63, 3.8) is 0 Å². The van der Waals surface area contributed by atoms with E-state index in [4.69, 9.17) is 0 Å². The number of hydrogen-bond donors (Lipinski definition) is 0. The third-order valence-corrected chi connectivity index (χ3v) is 6.52. The van der Waals surface area contributed by atoms with Gasteiger partial charge in [0.25, 0.3) is 0 Å². The van der Waals surface area contributed by atoms with Crippen molar-refractivity contribution in [3.05, 3.63) is 29.8 Å². The van der Waals surface area contributed by atoms with Gasteiger partial charge in [0, 0.05) is 0 Å². The Morgan fingerprint density at radius 3 is 1.78 bits per heavy atom. The molecule has 0 atom stereocenters. The maximum atomic E-state index is 2.45. The van der Waals surface area contributed by atoms with Gasteiger partial charge in [-0.05, 0) is 0 Å². The van der Waals surface area contributed by atoms with Crippen LogP contribution in [0.25, 0.3) is 0 Å². The van der Waals surface area contributed by atoms with Crippen LogP contribution in [0.1, 0.15) is 103 Å². The fraction of sp³-hybridized carbons (Fsp3) is 0.727. The normalized spacial score (nSPS) is 11.8. The summed E-state index contributed by atoms with van der Waals surface area (Å²) in [6.07, 6.45) is 16.6. The molecule has 1 aromatic rings. The third kappa shape index (κ3) is 7.20. The van der Waals surface area contributed by atoms with E-state index in [1.807, 2.05) is 0 Å². The Bertz CT molecular complexity index is 402. The van der Waals surface area contributed by atoms with Gasteiger partial charge >= 0.3 is 159 Å². The van der Waals surface area contributed by atoms with Gasteiger partial charge < -0.3 is 0 Å². The zero-order valence-corrected chi connectivity index (χ0v) is 18.6. The summed E-state index contributed by atoms with van der Waals surface area (Å²) in [5, 5.41) is 0. The molecule has 0 saturated carbocycles. The molecule has 0 spiro atoms. The van der Waals surface area contributed by atoms with E-state index in [9.17, 15) is 0 Å². The topological polar surface area (TPSA) is 0 Å². The van der Waals surface area contributed by atoms with Crippen LogP contribution in [0, 0.1) is 0 Å². The number of hydrogen-bond acceptors (Lipinski definition) is 0. The molecule has 0 fully saturated rings. The molecule has 0 aliphatic carbocycles. The first-order valence-electron chi connectivity index (χ1n) is 10.0. The third-order valence-electron chi connectivity index (χ3n) is 5.28. The van der Waals surface area contributed by atoms with Crippen molar-refractivity contribution in [1.29, 1.82) is 0 Å². The van der Waals surface area contributed by atoms with Crippen LogP contribution in [-0.2, 0) is 5.41 Å². The van der Waals surface area contributed by atoms with E-state index in [1.165, 1.54) is 77.0 Å². The molecule has 0 heterocycles. The SMILES string of the molecule is CCCCCCCC(CCCC)(CCCC)c1cccc[c]1[Sn]. The first kappa shape index (κ1) is 21.1. The van der Waals surface area contributed by atoms with E-state index >= 15 is 0 Å². The van der Waals surface area contributed by atoms with Gasteiger partial charge in [-0.3, -0.25) is 0 Å². The maximum absolute atomic E-state index is 2.45. The fourth-order valence-corrected chi connectivity index (χ4v) is 5.09. The van der Waals surface area contributed by atoms with Gasteiger partial charge in [-0.1, -0.05) is 0 Å². The molecule has 0 aromatic heterocycles. The molecule has 129 valence electrons. The molecule has 0 unspecified atom stereocenters. The Labute approximate surface area is 158 Å². The summed E-state index contributed by atoms with van der Waals surface area (Å²) in [6.45, 7) is 6.99. The molecule has 0 amide bonds. The van der Waals surface area contributed by atoms with Crippen molar-refractivity contribution >= 4 is 26.1 Å². The molecule has 0 aliphatic heterocycles. The van der Waals surface area contributed by atoms with Gasteiger partial charge in [0.15, 0.2) is 0 Å². The molecule has 3 radical (unpaired) electrons. The summed E-state index contributed by atoms with van der Waals surface area (Å²) in [6, 6.07) is 9.30. The van der Waals surface area contributed by atoms with Crippen molar-refractivity contribution in [3.8, 4) is 0 Å². The molecule has 0 nitrogen and oxygen atoms in total. The van der Waals surface area contributed by atoms with Crippen molar-refractivity contribution in [2.45, 2.75) is 103 Å². The van der Waals surface area contributed by atoms with Crippen LogP contribution in [-0.4, -0.2) is 22.5 Å². The average molecular weight is 420 g/mol. The van der Waals surface area contributed by atoms with Crippen molar-refractivity contribution in [2.24, 2.45) is 0 Å². The first-order valence-corrected chi connectivity index (χ1v) is 11.4. The predicted octanol–water partition coefficient (Wildman–Crippen LogP) is 6.46. The Hall–Kier alpha value is 0.0187. The van der Waals surface area contributed by atoms with Gasteiger partial charge in [-0.2, -0.15) is 0 Å². The minimum absolute atomic E-state index is 0.457.